The Hall–Kier alpha value is -1.84. The van der Waals surface area contributed by atoms with Crippen molar-refractivity contribution in [3.63, 3.8) is 0 Å². The van der Waals surface area contributed by atoms with Crippen LogP contribution in [0.5, 0.6) is 5.75 Å². The fourth-order valence-corrected chi connectivity index (χ4v) is 2.30. The summed E-state index contributed by atoms with van der Waals surface area (Å²) in [7, 11) is 5.81. The van der Waals surface area contributed by atoms with Crippen molar-refractivity contribution >= 4 is 0 Å². The fraction of sp³-hybridized carbons (Fsp3) is 0.455. The summed E-state index contributed by atoms with van der Waals surface area (Å²) in [6.45, 7) is 8.79. The van der Waals surface area contributed by atoms with E-state index in [2.05, 4.69) is 17.0 Å². The molecule has 0 aromatic heterocycles. The molecule has 2 atom stereocenters. The van der Waals surface area contributed by atoms with E-state index >= 15 is 0 Å². The van der Waals surface area contributed by atoms with Crippen LogP contribution in [0, 0.1) is 0 Å². The molecule has 3 heteroatoms. The van der Waals surface area contributed by atoms with Gasteiger partial charge in [0, 0.05) is 13.7 Å². The third kappa shape index (κ3) is 8.71. The Morgan fingerprint density at radius 2 is 1.28 bits per heavy atom. The quantitative estimate of drug-likeness (QED) is 0.667. The Morgan fingerprint density at radius 1 is 0.800 bits per heavy atom. The molecule has 0 aliphatic rings. The Morgan fingerprint density at radius 3 is 1.72 bits per heavy atom. The first-order chi connectivity index (χ1) is 12.2. The first-order valence-corrected chi connectivity index (χ1v) is 9.15. The van der Waals surface area contributed by atoms with Crippen molar-refractivity contribution in [1.82, 2.24) is 4.90 Å². The predicted molar refractivity (Wildman–Crippen MR) is 108 cm³/mol. The van der Waals surface area contributed by atoms with Gasteiger partial charge in [-0.15, -0.1) is 0 Å². The van der Waals surface area contributed by atoms with E-state index in [1.807, 2.05) is 90.3 Å². The van der Waals surface area contributed by atoms with Gasteiger partial charge in [0.2, 0.25) is 0 Å². The molecule has 0 bridgehead atoms. The van der Waals surface area contributed by atoms with Gasteiger partial charge in [0.1, 0.15) is 11.9 Å². The van der Waals surface area contributed by atoms with Gasteiger partial charge in [-0.2, -0.15) is 0 Å². The van der Waals surface area contributed by atoms with Crippen LogP contribution >= 0.6 is 0 Å². The minimum absolute atomic E-state index is 0.0393. The lowest BCUT2D eigenvalue weighted by Gasteiger charge is -2.29. The lowest BCUT2D eigenvalue weighted by atomic mass is 10.0. The largest absolute Gasteiger partial charge is 0.483 e. The molecule has 140 valence electrons. The highest BCUT2D eigenvalue weighted by molar-refractivity contribution is 5.25. The molecule has 0 spiro atoms. The highest BCUT2D eigenvalue weighted by atomic mass is 16.5. The first kappa shape index (κ1) is 23.2. The number of hydrogen-bond acceptors (Lipinski definition) is 3. The second-order valence-corrected chi connectivity index (χ2v) is 5.30. The third-order valence-electron chi connectivity index (χ3n) is 3.32. The molecule has 25 heavy (non-hydrogen) atoms. The molecule has 2 aromatic rings. The van der Waals surface area contributed by atoms with E-state index in [4.69, 9.17) is 9.47 Å². The first-order valence-electron chi connectivity index (χ1n) is 9.15. The van der Waals surface area contributed by atoms with Gasteiger partial charge in [-0.05, 0) is 31.8 Å². The molecule has 2 unspecified atom stereocenters. The number of ether oxygens (including phenoxy) is 2. The van der Waals surface area contributed by atoms with Gasteiger partial charge in [0.15, 0.2) is 6.10 Å². The molecule has 0 N–H and O–H groups in total. The summed E-state index contributed by atoms with van der Waals surface area (Å²) < 4.78 is 11.9. The van der Waals surface area contributed by atoms with Crippen molar-refractivity contribution in [2.45, 2.75) is 39.9 Å². The van der Waals surface area contributed by atoms with Crippen LogP contribution in [-0.4, -0.2) is 38.8 Å². The van der Waals surface area contributed by atoms with Gasteiger partial charge >= 0.3 is 0 Å². The third-order valence-corrected chi connectivity index (χ3v) is 3.32. The molecule has 0 amide bonds. The number of likely N-dealkylation sites (N-methyl/N-ethyl adjacent to an activating group) is 1. The Labute approximate surface area is 154 Å². The number of methoxy groups -OCH3 is 1. The van der Waals surface area contributed by atoms with E-state index in [1.54, 1.807) is 7.11 Å². The summed E-state index contributed by atoms with van der Waals surface area (Å²) >= 11 is 0. The number of hydrogen-bond donors (Lipinski definition) is 0. The van der Waals surface area contributed by atoms with Crippen molar-refractivity contribution in [2.75, 3.05) is 27.7 Å². The molecule has 2 rings (SSSR count). The lowest BCUT2D eigenvalue weighted by molar-refractivity contribution is -0.0126. The summed E-state index contributed by atoms with van der Waals surface area (Å²) in [4.78, 5) is 2.11. The van der Waals surface area contributed by atoms with E-state index in [9.17, 15) is 0 Å². The lowest BCUT2D eigenvalue weighted by Crippen LogP contribution is -2.35. The average Bonchev–Trinajstić information content (AvgIpc) is 2.69. The predicted octanol–water partition coefficient (Wildman–Crippen LogP) is 5.44. The van der Waals surface area contributed by atoms with Gasteiger partial charge < -0.3 is 14.4 Å². The van der Waals surface area contributed by atoms with Crippen molar-refractivity contribution in [3.8, 4) is 5.75 Å². The highest BCUT2D eigenvalue weighted by Crippen LogP contribution is 2.26. The minimum atomic E-state index is -0.138. The molecule has 0 aliphatic heterocycles. The van der Waals surface area contributed by atoms with E-state index in [0.29, 0.717) is 0 Å². The fourth-order valence-electron chi connectivity index (χ4n) is 2.30. The van der Waals surface area contributed by atoms with Crippen LogP contribution in [0.3, 0.4) is 0 Å². The summed E-state index contributed by atoms with van der Waals surface area (Å²) in [6, 6.07) is 20.1. The van der Waals surface area contributed by atoms with Crippen LogP contribution in [0.2, 0.25) is 0 Å². The molecular formula is C22H35NO2. The smallest absolute Gasteiger partial charge is 0.151 e. The summed E-state index contributed by atoms with van der Waals surface area (Å²) in [6.07, 6.45) is -0.177. The van der Waals surface area contributed by atoms with Crippen LogP contribution < -0.4 is 4.74 Å². The van der Waals surface area contributed by atoms with E-state index in [0.717, 1.165) is 17.9 Å². The van der Waals surface area contributed by atoms with Crippen molar-refractivity contribution in [2.24, 2.45) is 0 Å². The summed E-state index contributed by atoms with van der Waals surface area (Å²) in [5, 5.41) is 0. The van der Waals surface area contributed by atoms with Crippen molar-refractivity contribution in [1.29, 1.82) is 0 Å². The van der Waals surface area contributed by atoms with Gasteiger partial charge in [-0.25, -0.2) is 0 Å². The number of nitrogens with zero attached hydrogens (tertiary/aromatic N) is 1. The van der Waals surface area contributed by atoms with Crippen LogP contribution in [0.15, 0.2) is 60.7 Å². The second-order valence-electron chi connectivity index (χ2n) is 5.30. The van der Waals surface area contributed by atoms with Gasteiger partial charge in [-0.1, -0.05) is 76.2 Å². The second kappa shape index (κ2) is 14.5. The van der Waals surface area contributed by atoms with Gasteiger partial charge in [0.25, 0.3) is 0 Å². The Kier molecular flexibility index (Phi) is 13.4. The van der Waals surface area contributed by atoms with Crippen molar-refractivity contribution < 1.29 is 9.47 Å². The summed E-state index contributed by atoms with van der Waals surface area (Å²) in [5.74, 6) is 0.854. The monoisotopic (exact) mass is 345 g/mol. The highest BCUT2D eigenvalue weighted by Gasteiger charge is 2.25. The van der Waals surface area contributed by atoms with Gasteiger partial charge in [0.05, 0.1) is 0 Å². The molecule has 0 aliphatic carbocycles. The van der Waals surface area contributed by atoms with Crippen LogP contribution in [0.25, 0.3) is 0 Å². The van der Waals surface area contributed by atoms with E-state index in [1.165, 1.54) is 0 Å². The Balaban J connectivity index is 0.00000134. The molecule has 0 saturated carbocycles. The maximum atomic E-state index is 6.20. The molecule has 0 saturated heterocycles. The van der Waals surface area contributed by atoms with Crippen molar-refractivity contribution in [3.05, 3.63) is 66.2 Å². The van der Waals surface area contributed by atoms with Crippen LogP contribution in [-0.2, 0) is 4.74 Å². The molecule has 2 aromatic carbocycles. The number of rotatable bonds is 7. The topological polar surface area (TPSA) is 21.7 Å². The maximum Gasteiger partial charge on any atom is 0.151 e. The number of para-hydroxylation sites is 1. The average molecular weight is 346 g/mol. The molecule has 0 heterocycles. The standard InChI is InChI=1S/C18H23NO2.2C2H6/c1-19(2)14-17(20-3)18(15-10-6-4-7-11-15)21-16-12-8-5-9-13-16;2*1-2/h4-13,17-18H,14H2,1-3H3;2*1-2H3. The molecule has 0 radical (unpaired) electrons. The van der Waals surface area contributed by atoms with E-state index in [-0.39, 0.29) is 12.2 Å². The zero-order chi connectivity index (χ0) is 19.1. The molecule has 3 nitrogen and oxygen atoms in total. The summed E-state index contributed by atoms with van der Waals surface area (Å²) in [5.41, 5.74) is 1.12. The number of benzene rings is 2. The van der Waals surface area contributed by atoms with E-state index < -0.39 is 0 Å². The molecular weight excluding hydrogens is 310 g/mol. The normalized spacial score (nSPS) is 12.2. The minimum Gasteiger partial charge on any atom is -0.483 e. The zero-order valence-corrected chi connectivity index (χ0v) is 16.9. The SMILES string of the molecule is CC.CC.COC(CN(C)C)C(Oc1ccccc1)c1ccccc1. The van der Waals surface area contributed by atoms with Crippen LogP contribution in [0.1, 0.15) is 39.4 Å². The molecule has 0 fully saturated rings. The van der Waals surface area contributed by atoms with Gasteiger partial charge in [-0.3, -0.25) is 0 Å². The zero-order valence-electron chi connectivity index (χ0n) is 16.9. The van der Waals surface area contributed by atoms with Crippen LogP contribution in [0.4, 0.5) is 0 Å². The Bertz CT molecular complexity index is 514. The maximum absolute atomic E-state index is 6.20.